The molecule has 0 saturated carbocycles. The maximum Gasteiger partial charge on any atom is 0.140 e. The summed E-state index contributed by atoms with van der Waals surface area (Å²) < 4.78 is 0. The summed E-state index contributed by atoms with van der Waals surface area (Å²) in [6, 6.07) is 9.92. The van der Waals surface area contributed by atoms with Crippen molar-refractivity contribution >= 4 is 22.1 Å². The summed E-state index contributed by atoms with van der Waals surface area (Å²) in [7, 11) is 0. The lowest BCUT2D eigenvalue weighted by molar-refractivity contribution is 1.32. The van der Waals surface area contributed by atoms with Gasteiger partial charge in [0.2, 0.25) is 0 Å². The Morgan fingerprint density at radius 3 is 2.75 bits per heavy atom. The molecule has 4 rings (SSSR count). The van der Waals surface area contributed by atoms with Crippen molar-refractivity contribution in [3.63, 3.8) is 0 Å². The summed E-state index contributed by atoms with van der Waals surface area (Å²) in [5, 5.41) is 0.965. The van der Waals surface area contributed by atoms with E-state index in [0.717, 1.165) is 33.2 Å². The first-order chi connectivity index (χ1) is 9.92. The van der Waals surface area contributed by atoms with Crippen LogP contribution in [0.4, 0.5) is 0 Å². The predicted molar refractivity (Wildman–Crippen MR) is 78.2 cm³/mol. The van der Waals surface area contributed by atoms with Crippen molar-refractivity contribution in [2.75, 3.05) is 0 Å². The average Bonchev–Trinajstić information content (AvgIpc) is 3.12. The van der Waals surface area contributed by atoms with Crippen LogP contribution in [0.2, 0.25) is 0 Å². The first kappa shape index (κ1) is 10.8. The smallest absolute Gasteiger partial charge is 0.140 e. The second-order valence-corrected chi connectivity index (χ2v) is 4.46. The fourth-order valence-electron chi connectivity index (χ4n) is 2.24. The standard InChI is InChI=1S/C16H10N4/c1-2-4-11(5-3-1)6-7-12-8-17-16-14(12)15-13(9-18-16)19-10-20-15/h1-5,8-10H,(H,17,18)(H,19,20). The van der Waals surface area contributed by atoms with Gasteiger partial charge >= 0.3 is 0 Å². The van der Waals surface area contributed by atoms with Crippen LogP contribution >= 0.6 is 0 Å². The number of aromatic nitrogens is 4. The van der Waals surface area contributed by atoms with Gasteiger partial charge in [-0.1, -0.05) is 30.0 Å². The van der Waals surface area contributed by atoms with E-state index in [9.17, 15) is 0 Å². The van der Waals surface area contributed by atoms with E-state index >= 15 is 0 Å². The van der Waals surface area contributed by atoms with Gasteiger partial charge in [-0.05, 0) is 12.1 Å². The number of fused-ring (bicyclic) bond motifs is 3. The van der Waals surface area contributed by atoms with Gasteiger partial charge < -0.3 is 9.97 Å². The molecule has 0 amide bonds. The topological polar surface area (TPSA) is 57.4 Å². The van der Waals surface area contributed by atoms with Gasteiger partial charge in [0.1, 0.15) is 11.2 Å². The van der Waals surface area contributed by atoms with Gasteiger partial charge in [-0.3, -0.25) is 0 Å². The number of nitrogens with one attached hydrogen (secondary N) is 2. The summed E-state index contributed by atoms with van der Waals surface area (Å²) in [6.45, 7) is 0. The van der Waals surface area contributed by atoms with Crippen molar-refractivity contribution in [3.8, 4) is 11.8 Å². The first-order valence-electron chi connectivity index (χ1n) is 6.28. The van der Waals surface area contributed by atoms with Gasteiger partial charge in [0, 0.05) is 11.8 Å². The minimum atomic E-state index is 0.807. The zero-order chi connectivity index (χ0) is 13.4. The number of hydrogen-bond acceptors (Lipinski definition) is 2. The number of rotatable bonds is 0. The van der Waals surface area contributed by atoms with Crippen LogP contribution in [0.5, 0.6) is 0 Å². The maximum absolute atomic E-state index is 4.36. The number of benzene rings is 1. The Kier molecular flexibility index (Phi) is 2.30. The number of H-pyrrole nitrogens is 2. The van der Waals surface area contributed by atoms with E-state index in [1.54, 1.807) is 12.5 Å². The van der Waals surface area contributed by atoms with Gasteiger partial charge in [0.25, 0.3) is 0 Å². The van der Waals surface area contributed by atoms with Crippen molar-refractivity contribution < 1.29 is 0 Å². The molecule has 0 bridgehead atoms. The summed E-state index contributed by atoms with van der Waals surface area (Å²) >= 11 is 0. The highest BCUT2D eigenvalue weighted by molar-refractivity contribution is 6.04. The molecule has 3 heterocycles. The van der Waals surface area contributed by atoms with E-state index in [1.165, 1.54) is 0 Å². The molecule has 0 fully saturated rings. The molecule has 0 unspecified atom stereocenters. The van der Waals surface area contributed by atoms with E-state index in [4.69, 9.17) is 0 Å². The molecule has 20 heavy (non-hydrogen) atoms. The third-order valence-corrected chi connectivity index (χ3v) is 3.20. The summed E-state index contributed by atoms with van der Waals surface area (Å²) in [5.41, 5.74) is 4.52. The Labute approximate surface area is 114 Å². The number of nitrogens with zero attached hydrogens (tertiary/aromatic N) is 2. The van der Waals surface area contributed by atoms with Crippen molar-refractivity contribution in [3.05, 3.63) is 60.2 Å². The molecule has 0 aliphatic rings. The van der Waals surface area contributed by atoms with Crippen LogP contribution in [-0.4, -0.2) is 19.9 Å². The first-order valence-corrected chi connectivity index (χ1v) is 6.28. The Hall–Kier alpha value is -3.06. The highest BCUT2D eigenvalue weighted by Crippen LogP contribution is 2.23. The fourth-order valence-corrected chi connectivity index (χ4v) is 2.24. The Morgan fingerprint density at radius 1 is 0.950 bits per heavy atom. The minimum Gasteiger partial charge on any atom is -0.345 e. The molecule has 2 N–H and O–H groups in total. The number of aromatic amines is 2. The summed E-state index contributed by atoms with van der Waals surface area (Å²) in [4.78, 5) is 14.9. The molecule has 1 aromatic carbocycles. The third kappa shape index (κ3) is 1.65. The largest absolute Gasteiger partial charge is 0.345 e. The lowest BCUT2D eigenvalue weighted by atomic mass is 10.1. The Bertz CT molecular complexity index is 952. The number of pyridine rings is 1. The van der Waals surface area contributed by atoms with E-state index in [2.05, 4.69) is 31.8 Å². The van der Waals surface area contributed by atoms with Gasteiger partial charge in [0.05, 0.1) is 29.0 Å². The molecule has 0 atom stereocenters. The second kappa shape index (κ2) is 4.25. The molecule has 3 aromatic heterocycles. The van der Waals surface area contributed by atoms with E-state index in [0.29, 0.717) is 0 Å². The molecule has 4 nitrogen and oxygen atoms in total. The van der Waals surface area contributed by atoms with Crippen LogP contribution in [0.15, 0.2) is 49.1 Å². The predicted octanol–water partition coefficient (Wildman–Crippen LogP) is 2.84. The van der Waals surface area contributed by atoms with Crippen molar-refractivity contribution in [2.45, 2.75) is 0 Å². The average molecular weight is 258 g/mol. The fraction of sp³-hybridized carbons (Fsp3) is 0. The molecule has 4 aromatic rings. The quantitative estimate of drug-likeness (QED) is 0.476. The monoisotopic (exact) mass is 258 g/mol. The Morgan fingerprint density at radius 2 is 1.85 bits per heavy atom. The Balaban J connectivity index is 1.93. The minimum absolute atomic E-state index is 0.807. The molecular weight excluding hydrogens is 248 g/mol. The number of imidazole rings is 1. The van der Waals surface area contributed by atoms with Crippen LogP contribution in [0, 0.1) is 11.8 Å². The van der Waals surface area contributed by atoms with Crippen molar-refractivity contribution in [1.29, 1.82) is 0 Å². The van der Waals surface area contributed by atoms with E-state index in [1.807, 2.05) is 36.5 Å². The molecular formula is C16H10N4. The SMILES string of the molecule is C(#Cc1c[nH]c2ncc3[nH]cnc3c12)c1ccccc1. The van der Waals surface area contributed by atoms with Crippen LogP contribution in [0.1, 0.15) is 11.1 Å². The molecule has 0 spiro atoms. The van der Waals surface area contributed by atoms with E-state index < -0.39 is 0 Å². The molecule has 0 aliphatic carbocycles. The van der Waals surface area contributed by atoms with Gasteiger partial charge in [0.15, 0.2) is 0 Å². The second-order valence-electron chi connectivity index (χ2n) is 4.46. The van der Waals surface area contributed by atoms with Gasteiger partial charge in [-0.25, -0.2) is 9.97 Å². The van der Waals surface area contributed by atoms with Crippen LogP contribution < -0.4 is 0 Å². The van der Waals surface area contributed by atoms with Crippen molar-refractivity contribution in [2.24, 2.45) is 0 Å². The van der Waals surface area contributed by atoms with Crippen molar-refractivity contribution in [1.82, 2.24) is 19.9 Å². The maximum atomic E-state index is 4.36. The molecule has 0 aliphatic heterocycles. The lowest BCUT2D eigenvalue weighted by Gasteiger charge is -1.92. The molecule has 4 heteroatoms. The van der Waals surface area contributed by atoms with E-state index in [-0.39, 0.29) is 0 Å². The lowest BCUT2D eigenvalue weighted by Crippen LogP contribution is -1.80. The van der Waals surface area contributed by atoms with Crippen LogP contribution in [-0.2, 0) is 0 Å². The molecule has 0 saturated heterocycles. The normalized spacial score (nSPS) is 10.6. The van der Waals surface area contributed by atoms with Crippen LogP contribution in [0.3, 0.4) is 0 Å². The summed E-state index contributed by atoms with van der Waals surface area (Å²) in [5.74, 6) is 6.35. The van der Waals surface area contributed by atoms with Crippen LogP contribution in [0.25, 0.3) is 22.1 Å². The highest BCUT2D eigenvalue weighted by Gasteiger charge is 2.09. The number of hydrogen-bond donors (Lipinski definition) is 2. The zero-order valence-corrected chi connectivity index (χ0v) is 10.5. The zero-order valence-electron chi connectivity index (χ0n) is 10.5. The molecule has 0 radical (unpaired) electrons. The van der Waals surface area contributed by atoms with Gasteiger partial charge in [-0.15, -0.1) is 0 Å². The summed E-state index contributed by atoms with van der Waals surface area (Å²) in [6.07, 6.45) is 5.32. The third-order valence-electron chi connectivity index (χ3n) is 3.20. The highest BCUT2D eigenvalue weighted by atomic mass is 14.9. The van der Waals surface area contributed by atoms with Gasteiger partial charge in [-0.2, -0.15) is 0 Å². The molecule has 94 valence electrons.